The summed E-state index contributed by atoms with van der Waals surface area (Å²) < 4.78 is 50.6. The molecule has 1 heterocycles. The van der Waals surface area contributed by atoms with Gasteiger partial charge in [-0.3, -0.25) is 4.21 Å². The van der Waals surface area contributed by atoms with Crippen molar-refractivity contribution in [3.8, 4) is 5.69 Å². The number of tetrazole rings is 1. The molecule has 0 bridgehead atoms. The normalized spacial score (nSPS) is 13.6. The Labute approximate surface area is 102 Å². The Kier molecular flexibility index (Phi) is 3.16. The van der Waals surface area contributed by atoms with Crippen LogP contribution in [0.3, 0.4) is 0 Å². The molecule has 0 saturated heterocycles. The summed E-state index contributed by atoms with van der Waals surface area (Å²) in [5, 5.41) is 10.0. The highest BCUT2D eigenvalue weighted by Crippen LogP contribution is 2.33. The minimum atomic E-state index is -4.53. The molecule has 96 valence electrons. The lowest BCUT2D eigenvalue weighted by atomic mass is 10.2. The number of benzene rings is 1. The summed E-state index contributed by atoms with van der Waals surface area (Å²) in [6, 6.07) is 4.82. The van der Waals surface area contributed by atoms with Crippen molar-refractivity contribution in [1.29, 1.82) is 0 Å². The molecular formula is C9H7F3N4OS. The molecular weight excluding hydrogens is 269 g/mol. The molecule has 2 rings (SSSR count). The monoisotopic (exact) mass is 276 g/mol. The summed E-state index contributed by atoms with van der Waals surface area (Å²) in [6.07, 6.45) is -3.24. The number of alkyl halides is 3. The Hall–Kier alpha value is -1.77. The van der Waals surface area contributed by atoms with E-state index in [0.717, 1.165) is 10.7 Å². The van der Waals surface area contributed by atoms with Gasteiger partial charge in [0.1, 0.15) is 0 Å². The predicted octanol–water partition coefficient (Wildman–Crippen LogP) is 1.42. The van der Waals surface area contributed by atoms with Crippen LogP contribution in [0.15, 0.2) is 29.4 Å². The van der Waals surface area contributed by atoms with Crippen molar-refractivity contribution in [3.63, 3.8) is 0 Å². The number of nitrogens with zero attached hydrogens (tertiary/aromatic N) is 4. The van der Waals surface area contributed by atoms with E-state index in [1.54, 1.807) is 0 Å². The molecule has 18 heavy (non-hydrogen) atoms. The number of halogens is 3. The second kappa shape index (κ2) is 4.48. The van der Waals surface area contributed by atoms with Crippen LogP contribution in [0.5, 0.6) is 0 Å². The standard InChI is InChI=1S/C9H7F3N4OS/c1-18(17)8-13-14-15-16(8)7-5-3-2-4-6(7)9(10,11)12/h2-5H,1H3. The molecule has 0 saturated carbocycles. The fourth-order valence-electron chi connectivity index (χ4n) is 1.41. The third-order valence-electron chi connectivity index (χ3n) is 2.14. The Morgan fingerprint density at radius 2 is 1.94 bits per heavy atom. The molecule has 0 amide bonds. The van der Waals surface area contributed by atoms with Crippen molar-refractivity contribution >= 4 is 10.8 Å². The van der Waals surface area contributed by atoms with Crippen LogP contribution in [0, 0.1) is 0 Å². The first kappa shape index (κ1) is 12.7. The lowest BCUT2D eigenvalue weighted by Crippen LogP contribution is -2.13. The lowest BCUT2D eigenvalue weighted by molar-refractivity contribution is -0.137. The fraction of sp³-hybridized carbons (Fsp3) is 0.222. The summed E-state index contributed by atoms with van der Waals surface area (Å²) in [7, 11) is -1.59. The Balaban J connectivity index is 2.65. The highest BCUT2D eigenvalue weighted by molar-refractivity contribution is 7.84. The molecule has 0 aliphatic rings. The molecule has 0 fully saturated rings. The number of hydrogen-bond acceptors (Lipinski definition) is 4. The topological polar surface area (TPSA) is 60.7 Å². The van der Waals surface area contributed by atoms with Gasteiger partial charge in [0.15, 0.2) is 0 Å². The van der Waals surface area contributed by atoms with E-state index >= 15 is 0 Å². The number of hydrogen-bond donors (Lipinski definition) is 0. The maximum absolute atomic E-state index is 12.8. The lowest BCUT2D eigenvalue weighted by Gasteiger charge is -2.12. The molecule has 1 unspecified atom stereocenters. The van der Waals surface area contributed by atoms with Gasteiger partial charge < -0.3 is 0 Å². The molecule has 1 atom stereocenters. The summed E-state index contributed by atoms with van der Waals surface area (Å²) in [5.74, 6) is 0. The van der Waals surface area contributed by atoms with Crippen molar-refractivity contribution in [2.75, 3.05) is 6.26 Å². The maximum Gasteiger partial charge on any atom is 0.418 e. The van der Waals surface area contributed by atoms with Crippen molar-refractivity contribution in [2.45, 2.75) is 11.3 Å². The Morgan fingerprint density at radius 1 is 1.28 bits per heavy atom. The highest BCUT2D eigenvalue weighted by Gasteiger charge is 2.34. The van der Waals surface area contributed by atoms with Crippen LogP contribution in [-0.4, -0.2) is 30.7 Å². The molecule has 5 nitrogen and oxygen atoms in total. The van der Waals surface area contributed by atoms with E-state index in [9.17, 15) is 17.4 Å². The zero-order valence-corrected chi connectivity index (χ0v) is 9.87. The smallest absolute Gasteiger partial charge is 0.251 e. The van der Waals surface area contributed by atoms with Crippen LogP contribution in [0.4, 0.5) is 13.2 Å². The van der Waals surface area contributed by atoms with Gasteiger partial charge in [-0.05, 0) is 22.6 Å². The summed E-state index contributed by atoms with van der Waals surface area (Å²) >= 11 is 0. The minimum Gasteiger partial charge on any atom is -0.251 e. The van der Waals surface area contributed by atoms with Crippen LogP contribution in [0.1, 0.15) is 5.56 Å². The van der Waals surface area contributed by atoms with Gasteiger partial charge in [-0.15, -0.1) is 0 Å². The minimum absolute atomic E-state index is 0.133. The van der Waals surface area contributed by atoms with Gasteiger partial charge in [0.25, 0.3) is 0 Å². The van der Waals surface area contributed by atoms with E-state index in [1.807, 2.05) is 0 Å². The second-order valence-corrected chi connectivity index (χ2v) is 4.62. The zero-order valence-electron chi connectivity index (χ0n) is 9.05. The van der Waals surface area contributed by atoms with E-state index in [4.69, 9.17) is 0 Å². The van der Waals surface area contributed by atoms with Crippen molar-refractivity contribution in [1.82, 2.24) is 20.2 Å². The zero-order chi connectivity index (χ0) is 13.3. The quantitative estimate of drug-likeness (QED) is 0.832. The summed E-state index contributed by atoms with van der Waals surface area (Å²) in [5.41, 5.74) is -1.13. The molecule has 1 aromatic carbocycles. The van der Waals surface area contributed by atoms with E-state index < -0.39 is 22.5 Å². The number of aromatic nitrogens is 4. The van der Waals surface area contributed by atoms with Gasteiger partial charge in [0, 0.05) is 6.26 Å². The van der Waals surface area contributed by atoms with Gasteiger partial charge in [0.05, 0.1) is 22.1 Å². The average Bonchev–Trinajstić information content (AvgIpc) is 2.76. The van der Waals surface area contributed by atoms with E-state index in [0.29, 0.717) is 0 Å². The van der Waals surface area contributed by atoms with Gasteiger partial charge in [-0.25, -0.2) is 0 Å². The highest BCUT2D eigenvalue weighted by atomic mass is 32.2. The van der Waals surface area contributed by atoms with Gasteiger partial charge in [-0.2, -0.15) is 17.9 Å². The third-order valence-corrected chi connectivity index (χ3v) is 2.90. The van der Waals surface area contributed by atoms with E-state index in [2.05, 4.69) is 15.5 Å². The molecule has 2 aromatic rings. The Bertz CT molecular complexity index is 595. The first-order valence-electron chi connectivity index (χ1n) is 4.69. The molecule has 0 radical (unpaired) electrons. The Morgan fingerprint density at radius 3 is 2.56 bits per heavy atom. The third kappa shape index (κ3) is 2.26. The predicted molar refractivity (Wildman–Crippen MR) is 56.5 cm³/mol. The first-order valence-corrected chi connectivity index (χ1v) is 6.25. The first-order chi connectivity index (χ1) is 8.41. The van der Waals surface area contributed by atoms with Crippen LogP contribution >= 0.6 is 0 Å². The molecule has 9 heteroatoms. The van der Waals surface area contributed by atoms with Crippen LogP contribution in [0.25, 0.3) is 5.69 Å². The van der Waals surface area contributed by atoms with Gasteiger partial charge in [0.2, 0.25) is 5.16 Å². The number of rotatable bonds is 2. The van der Waals surface area contributed by atoms with Gasteiger partial charge in [-0.1, -0.05) is 17.2 Å². The maximum atomic E-state index is 12.8. The van der Waals surface area contributed by atoms with E-state index in [-0.39, 0.29) is 10.8 Å². The van der Waals surface area contributed by atoms with Crippen LogP contribution < -0.4 is 0 Å². The molecule has 0 aliphatic heterocycles. The molecule has 0 aliphatic carbocycles. The second-order valence-electron chi connectivity index (χ2n) is 3.34. The molecule has 1 aromatic heterocycles. The molecule has 0 N–H and O–H groups in total. The summed E-state index contributed by atoms with van der Waals surface area (Å²) in [6.45, 7) is 0. The van der Waals surface area contributed by atoms with Crippen molar-refractivity contribution in [2.24, 2.45) is 0 Å². The largest absolute Gasteiger partial charge is 0.418 e. The average molecular weight is 276 g/mol. The van der Waals surface area contributed by atoms with Crippen LogP contribution in [-0.2, 0) is 17.0 Å². The number of para-hydroxylation sites is 1. The van der Waals surface area contributed by atoms with Gasteiger partial charge >= 0.3 is 6.18 Å². The van der Waals surface area contributed by atoms with Crippen molar-refractivity contribution < 1.29 is 17.4 Å². The summed E-state index contributed by atoms with van der Waals surface area (Å²) in [4.78, 5) is 0. The van der Waals surface area contributed by atoms with Crippen molar-refractivity contribution in [3.05, 3.63) is 29.8 Å². The fourth-order valence-corrected chi connectivity index (χ4v) is 1.94. The van der Waals surface area contributed by atoms with Crippen LogP contribution in [0.2, 0.25) is 0 Å². The molecule has 0 spiro atoms. The van der Waals surface area contributed by atoms with E-state index in [1.165, 1.54) is 24.5 Å². The SMILES string of the molecule is CS(=O)c1nnnn1-c1ccccc1C(F)(F)F.